The quantitative estimate of drug-likeness (QED) is 0.794. The molecular weight excluding hydrogens is 248 g/mol. The Kier molecular flexibility index (Phi) is 3.55. The van der Waals surface area contributed by atoms with Gasteiger partial charge in [0.15, 0.2) is 0 Å². The van der Waals surface area contributed by atoms with Gasteiger partial charge in [-0.05, 0) is 24.6 Å². The Bertz CT molecular complexity index is 639. The van der Waals surface area contributed by atoms with E-state index in [4.69, 9.17) is 9.15 Å². The number of rotatable bonds is 3. The molecule has 0 saturated carbocycles. The first-order valence-corrected chi connectivity index (χ1v) is 5.74. The second kappa shape index (κ2) is 5.14. The van der Waals surface area contributed by atoms with E-state index >= 15 is 0 Å². The molecule has 0 unspecified atom stereocenters. The highest BCUT2D eigenvalue weighted by atomic mass is 16.5. The summed E-state index contributed by atoms with van der Waals surface area (Å²) in [6.07, 6.45) is 0.0330. The molecule has 0 spiro atoms. The number of aryl methyl sites for hydroxylation is 1. The Morgan fingerprint density at radius 1 is 1.21 bits per heavy atom. The Hall–Kier alpha value is -2.30. The second-order valence-corrected chi connectivity index (χ2v) is 4.13. The van der Waals surface area contributed by atoms with Gasteiger partial charge in [-0.25, -0.2) is 4.79 Å². The summed E-state index contributed by atoms with van der Waals surface area (Å²) in [6.45, 7) is 1.87. The van der Waals surface area contributed by atoms with E-state index in [1.54, 1.807) is 18.2 Å². The molecule has 19 heavy (non-hydrogen) atoms. The zero-order chi connectivity index (χ0) is 14.0. The first kappa shape index (κ1) is 13.1. The minimum Gasteiger partial charge on any atom is -0.469 e. The van der Waals surface area contributed by atoms with Crippen LogP contribution in [0.5, 0.6) is 0 Å². The number of benzene rings is 1. The standard InChI is InChI=1S/C14H14O5/c1-8-4-5-10(14(16)18-3)11-6-9(19-13(8)11)7-12(15)17-2/h4-6H,7H2,1-3H3. The van der Waals surface area contributed by atoms with E-state index in [0.29, 0.717) is 22.3 Å². The molecule has 0 amide bonds. The van der Waals surface area contributed by atoms with Crippen LogP contribution in [-0.4, -0.2) is 26.2 Å². The third-order valence-corrected chi connectivity index (χ3v) is 2.88. The van der Waals surface area contributed by atoms with Gasteiger partial charge in [-0.2, -0.15) is 0 Å². The molecule has 100 valence electrons. The fourth-order valence-corrected chi connectivity index (χ4v) is 1.90. The van der Waals surface area contributed by atoms with E-state index in [1.165, 1.54) is 14.2 Å². The summed E-state index contributed by atoms with van der Waals surface area (Å²) in [7, 11) is 2.64. The van der Waals surface area contributed by atoms with Crippen molar-refractivity contribution >= 4 is 22.9 Å². The molecule has 2 aromatic rings. The van der Waals surface area contributed by atoms with Crippen molar-refractivity contribution in [3.8, 4) is 0 Å². The number of furan rings is 1. The summed E-state index contributed by atoms with van der Waals surface area (Å²) < 4.78 is 14.9. The van der Waals surface area contributed by atoms with Gasteiger partial charge in [0.1, 0.15) is 17.8 Å². The fourth-order valence-electron chi connectivity index (χ4n) is 1.90. The van der Waals surface area contributed by atoms with Gasteiger partial charge in [-0.15, -0.1) is 0 Å². The van der Waals surface area contributed by atoms with E-state index in [-0.39, 0.29) is 6.42 Å². The lowest BCUT2D eigenvalue weighted by atomic mass is 10.1. The second-order valence-electron chi connectivity index (χ2n) is 4.13. The van der Waals surface area contributed by atoms with Crippen molar-refractivity contribution in [1.82, 2.24) is 0 Å². The maximum Gasteiger partial charge on any atom is 0.338 e. The van der Waals surface area contributed by atoms with Crippen molar-refractivity contribution in [2.45, 2.75) is 13.3 Å². The van der Waals surface area contributed by atoms with Gasteiger partial charge < -0.3 is 13.9 Å². The van der Waals surface area contributed by atoms with Gasteiger partial charge in [0.2, 0.25) is 0 Å². The Labute approximate surface area is 110 Å². The van der Waals surface area contributed by atoms with Gasteiger partial charge in [-0.1, -0.05) is 6.07 Å². The van der Waals surface area contributed by atoms with Crippen LogP contribution in [0.3, 0.4) is 0 Å². The van der Waals surface area contributed by atoms with E-state index in [9.17, 15) is 9.59 Å². The molecule has 5 nitrogen and oxygen atoms in total. The van der Waals surface area contributed by atoms with Gasteiger partial charge in [0, 0.05) is 5.39 Å². The third-order valence-electron chi connectivity index (χ3n) is 2.88. The van der Waals surface area contributed by atoms with Crippen LogP contribution in [0.1, 0.15) is 21.7 Å². The summed E-state index contributed by atoms with van der Waals surface area (Å²) in [4.78, 5) is 22.9. The highest BCUT2D eigenvalue weighted by Gasteiger charge is 2.17. The number of ether oxygens (including phenoxy) is 2. The lowest BCUT2D eigenvalue weighted by Crippen LogP contribution is -2.03. The zero-order valence-corrected chi connectivity index (χ0v) is 11.0. The Balaban J connectivity index is 2.53. The monoisotopic (exact) mass is 262 g/mol. The van der Waals surface area contributed by atoms with Crippen molar-refractivity contribution in [2.24, 2.45) is 0 Å². The molecule has 1 heterocycles. The van der Waals surface area contributed by atoms with Crippen LogP contribution in [0, 0.1) is 6.92 Å². The minimum atomic E-state index is -0.435. The van der Waals surface area contributed by atoms with Crippen LogP contribution in [0.2, 0.25) is 0 Å². The Morgan fingerprint density at radius 2 is 1.95 bits per heavy atom. The van der Waals surface area contributed by atoms with Crippen molar-refractivity contribution in [2.75, 3.05) is 14.2 Å². The van der Waals surface area contributed by atoms with E-state index in [1.807, 2.05) is 6.92 Å². The van der Waals surface area contributed by atoms with Crippen LogP contribution in [0.25, 0.3) is 11.0 Å². The van der Waals surface area contributed by atoms with E-state index in [2.05, 4.69) is 4.74 Å². The van der Waals surface area contributed by atoms with Crippen LogP contribution < -0.4 is 0 Å². The van der Waals surface area contributed by atoms with Crippen LogP contribution in [0.4, 0.5) is 0 Å². The number of esters is 2. The average Bonchev–Trinajstić information content (AvgIpc) is 2.82. The van der Waals surface area contributed by atoms with E-state index in [0.717, 1.165) is 5.56 Å². The molecule has 0 N–H and O–H groups in total. The first-order valence-electron chi connectivity index (χ1n) is 5.74. The molecule has 1 aromatic heterocycles. The van der Waals surface area contributed by atoms with Crippen molar-refractivity contribution in [3.63, 3.8) is 0 Å². The zero-order valence-electron chi connectivity index (χ0n) is 11.0. The van der Waals surface area contributed by atoms with Crippen molar-refractivity contribution in [1.29, 1.82) is 0 Å². The molecular formula is C14H14O5. The fraction of sp³-hybridized carbons (Fsp3) is 0.286. The van der Waals surface area contributed by atoms with Gasteiger partial charge in [0.25, 0.3) is 0 Å². The molecule has 0 saturated heterocycles. The number of carbonyl (C=O) groups excluding carboxylic acids is 2. The molecule has 0 radical (unpaired) electrons. The third kappa shape index (κ3) is 2.45. The average molecular weight is 262 g/mol. The predicted octanol–water partition coefficient (Wildman–Crippen LogP) is 2.24. The van der Waals surface area contributed by atoms with Gasteiger partial charge in [-0.3, -0.25) is 4.79 Å². The number of methoxy groups -OCH3 is 2. The molecule has 1 aromatic carbocycles. The van der Waals surface area contributed by atoms with Gasteiger partial charge in [0.05, 0.1) is 19.8 Å². The van der Waals surface area contributed by atoms with E-state index < -0.39 is 11.9 Å². The minimum absolute atomic E-state index is 0.0330. The normalized spacial score (nSPS) is 10.5. The van der Waals surface area contributed by atoms with Crippen molar-refractivity contribution in [3.05, 3.63) is 35.1 Å². The topological polar surface area (TPSA) is 65.7 Å². The molecule has 5 heteroatoms. The highest BCUT2D eigenvalue weighted by Crippen LogP contribution is 2.27. The smallest absolute Gasteiger partial charge is 0.338 e. The lowest BCUT2D eigenvalue weighted by Gasteiger charge is -2.01. The first-order chi connectivity index (χ1) is 9.06. The van der Waals surface area contributed by atoms with Crippen LogP contribution in [-0.2, 0) is 20.7 Å². The Morgan fingerprint density at radius 3 is 2.58 bits per heavy atom. The molecule has 2 rings (SSSR count). The van der Waals surface area contributed by atoms with Crippen LogP contribution >= 0.6 is 0 Å². The van der Waals surface area contributed by atoms with Gasteiger partial charge >= 0.3 is 11.9 Å². The molecule has 0 bridgehead atoms. The van der Waals surface area contributed by atoms with Crippen molar-refractivity contribution < 1.29 is 23.5 Å². The molecule has 0 atom stereocenters. The summed E-state index contributed by atoms with van der Waals surface area (Å²) >= 11 is 0. The number of fused-ring (bicyclic) bond motifs is 1. The SMILES string of the molecule is COC(=O)Cc1cc2c(C(=O)OC)ccc(C)c2o1. The molecule has 0 fully saturated rings. The molecule has 0 aliphatic rings. The maximum absolute atomic E-state index is 11.7. The summed E-state index contributed by atoms with van der Waals surface area (Å²) in [5.41, 5.74) is 1.89. The predicted molar refractivity (Wildman–Crippen MR) is 68.0 cm³/mol. The number of hydrogen-bond donors (Lipinski definition) is 0. The lowest BCUT2D eigenvalue weighted by molar-refractivity contribution is -0.140. The summed E-state index contributed by atoms with van der Waals surface area (Å²) in [6, 6.07) is 5.13. The summed E-state index contributed by atoms with van der Waals surface area (Å²) in [5, 5.41) is 0.644. The number of carbonyl (C=O) groups is 2. The molecule has 0 aliphatic heterocycles. The maximum atomic E-state index is 11.7. The number of hydrogen-bond acceptors (Lipinski definition) is 5. The van der Waals surface area contributed by atoms with Crippen LogP contribution in [0.15, 0.2) is 22.6 Å². The molecule has 0 aliphatic carbocycles. The highest BCUT2D eigenvalue weighted by molar-refractivity contribution is 6.04. The largest absolute Gasteiger partial charge is 0.469 e. The summed E-state index contributed by atoms with van der Waals surface area (Å²) in [5.74, 6) is -0.368.